The third-order valence-electron chi connectivity index (χ3n) is 4.15. The molecule has 1 amide bonds. The standard InChI is InChI=1S/C15H21N3O/c1-17-9-10-18(14-7-3-2-6-13(14)17)15(19)12-5-4-8-16-11-12/h2-3,6-7,12,16H,4-5,8-11H2,1H3/t12-/m1/s1. The molecule has 1 aromatic rings. The molecule has 1 atom stereocenters. The predicted octanol–water partition coefficient (Wildman–Crippen LogP) is 1.47. The first-order valence-electron chi connectivity index (χ1n) is 7.09. The van der Waals surface area contributed by atoms with E-state index in [-0.39, 0.29) is 11.8 Å². The summed E-state index contributed by atoms with van der Waals surface area (Å²) in [5.41, 5.74) is 2.22. The van der Waals surface area contributed by atoms with Crippen LogP contribution in [0.15, 0.2) is 24.3 Å². The number of carbonyl (C=O) groups is 1. The minimum Gasteiger partial charge on any atom is -0.371 e. The van der Waals surface area contributed by atoms with Crippen molar-refractivity contribution in [3.05, 3.63) is 24.3 Å². The molecule has 0 saturated carbocycles. The van der Waals surface area contributed by atoms with E-state index in [2.05, 4.69) is 29.4 Å². The van der Waals surface area contributed by atoms with Gasteiger partial charge in [0.15, 0.2) is 0 Å². The molecule has 0 bridgehead atoms. The maximum absolute atomic E-state index is 12.7. The lowest BCUT2D eigenvalue weighted by atomic mass is 9.97. The molecule has 4 heteroatoms. The average molecular weight is 259 g/mol. The number of rotatable bonds is 1. The lowest BCUT2D eigenvalue weighted by Gasteiger charge is -2.38. The van der Waals surface area contributed by atoms with Crippen molar-refractivity contribution in [3.8, 4) is 0 Å². The van der Waals surface area contributed by atoms with E-state index in [1.54, 1.807) is 0 Å². The van der Waals surface area contributed by atoms with Gasteiger partial charge in [0.05, 0.1) is 17.3 Å². The fraction of sp³-hybridized carbons (Fsp3) is 0.533. The SMILES string of the molecule is CN1CCN(C(=O)[C@@H]2CCCNC2)c2ccccc21. The zero-order valence-corrected chi connectivity index (χ0v) is 11.4. The van der Waals surface area contributed by atoms with Crippen LogP contribution in [-0.4, -0.2) is 39.1 Å². The molecule has 102 valence electrons. The fourth-order valence-electron chi connectivity index (χ4n) is 3.02. The van der Waals surface area contributed by atoms with Crippen molar-refractivity contribution in [1.82, 2.24) is 5.32 Å². The number of hydrogen-bond donors (Lipinski definition) is 1. The summed E-state index contributed by atoms with van der Waals surface area (Å²) < 4.78 is 0. The average Bonchev–Trinajstić information content (AvgIpc) is 2.48. The number of nitrogens with zero attached hydrogens (tertiary/aromatic N) is 2. The Kier molecular flexibility index (Phi) is 3.42. The number of nitrogens with one attached hydrogen (secondary N) is 1. The van der Waals surface area contributed by atoms with Gasteiger partial charge in [-0.25, -0.2) is 0 Å². The molecule has 3 rings (SSSR count). The molecule has 1 saturated heterocycles. The minimum absolute atomic E-state index is 0.144. The number of amides is 1. The molecule has 0 aliphatic carbocycles. The number of likely N-dealkylation sites (N-methyl/N-ethyl adjacent to an activating group) is 1. The normalized spacial score (nSPS) is 23.1. The summed E-state index contributed by atoms with van der Waals surface area (Å²) in [6.45, 7) is 3.57. The van der Waals surface area contributed by atoms with E-state index in [0.717, 1.165) is 50.4 Å². The van der Waals surface area contributed by atoms with Crippen molar-refractivity contribution in [2.75, 3.05) is 43.0 Å². The van der Waals surface area contributed by atoms with Crippen LogP contribution in [0.2, 0.25) is 0 Å². The first-order chi connectivity index (χ1) is 9.27. The Hall–Kier alpha value is -1.55. The van der Waals surface area contributed by atoms with Crippen molar-refractivity contribution in [3.63, 3.8) is 0 Å². The molecule has 0 radical (unpaired) electrons. The first kappa shape index (κ1) is 12.5. The van der Waals surface area contributed by atoms with Gasteiger partial charge in [-0.2, -0.15) is 0 Å². The molecule has 2 aliphatic heterocycles. The zero-order chi connectivity index (χ0) is 13.2. The van der Waals surface area contributed by atoms with Gasteiger partial charge in [0.25, 0.3) is 0 Å². The van der Waals surface area contributed by atoms with Crippen LogP contribution in [0.3, 0.4) is 0 Å². The number of anilines is 2. The highest BCUT2D eigenvalue weighted by Crippen LogP contribution is 2.33. The summed E-state index contributed by atoms with van der Waals surface area (Å²) in [7, 11) is 2.09. The third-order valence-corrected chi connectivity index (χ3v) is 4.15. The largest absolute Gasteiger partial charge is 0.371 e. The maximum Gasteiger partial charge on any atom is 0.231 e. The quantitative estimate of drug-likeness (QED) is 0.829. The number of benzene rings is 1. The molecule has 0 aromatic heterocycles. The third kappa shape index (κ3) is 2.32. The number of fused-ring (bicyclic) bond motifs is 1. The van der Waals surface area contributed by atoms with E-state index < -0.39 is 0 Å². The van der Waals surface area contributed by atoms with Crippen LogP contribution in [0.1, 0.15) is 12.8 Å². The maximum atomic E-state index is 12.7. The van der Waals surface area contributed by atoms with Crippen molar-refractivity contribution in [2.24, 2.45) is 5.92 Å². The van der Waals surface area contributed by atoms with Crippen LogP contribution in [0.25, 0.3) is 0 Å². The second-order valence-electron chi connectivity index (χ2n) is 5.44. The molecule has 1 fully saturated rings. The lowest BCUT2D eigenvalue weighted by Crippen LogP contribution is -2.48. The highest BCUT2D eigenvalue weighted by atomic mass is 16.2. The Morgan fingerprint density at radius 3 is 2.79 bits per heavy atom. The van der Waals surface area contributed by atoms with Crippen molar-refractivity contribution >= 4 is 17.3 Å². The summed E-state index contributed by atoms with van der Waals surface area (Å²) >= 11 is 0. The van der Waals surface area contributed by atoms with Crippen LogP contribution >= 0.6 is 0 Å². The molecule has 2 aliphatic rings. The molecule has 1 aromatic carbocycles. The first-order valence-corrected chi connectivity index (χ1v) is 7.09. The Balaban J connectivity index is 1.85. The highest BCUT2D eigenvalue weighted by molar-refractivity contribution is 5.99. The summed E-state index contributed by atoms with van der Waals surface area (Å²) in [6.07, 6.45) is 2.12. The van der Waals surface area contributed by atoms with Gasteiger partial charge in [-0.05, 0) is 31.5 Å². The van der Waals surface area contributed by atoms with Gasteiger partial charge < -0.3 is 15.1 Å². The predicted molar refractivity (Wildman–Crippen MR) is 77.7 cm³/mol. The molecular weight excluding hydrogens is 238 g/mol. The van der Waals surface area contributed by atoms with E-state index in [4.69, 9.17) is 0 Å². The number of hydrogen-bond acceptors (Lipinski definition) is 3. The van der Waals surface area contributed by atoms with Crippen molar-refractivity contribution in [2.45, 2.75) is 12.8 Å². The van der Waals surface area contributed by atoms with E-state index in [0.29, 0.717) is 0 Å². The van der Waals surface area contributed by atoms with Crippen LogP contribution in [0, 0.1) is 5.92 Å². The van der Waals surface area contributed by atoms with Gasteiger partial charge in [0, 0.05) is 26.7 Å². The summed E-state index contributed by atoms with van der Waals surface area (Å²) in [5, 5.41) is 3.33. The summed E-state index contributed by atoms with van der Waals surface area (Å²) in [4.78, 5) is 16.9. The number of piperidine rings is 1. The molecule has 0 unspecified atom stereocenters. The summed E-state index contributed by atoms with van der Waals surface area (Å²) in [5.74, 6) is 0.429. The van der Waals surface area contributed by atoms with Crippen molar-refractivity contribution < 1.29 is 4.79 Å². The van der Waals surface area contributed by atoms with Crippen LogP contribution in [0.4, 0.5) is 11.4 Å². The van der Waals surface area contributed by atoms with Gasteiger partial charge in [0.2, 0.25) is 5.91 Å². The molecule has 0 spiro atoms. The molecule has 2 heterocycles. The molecule has 4 nitrogen and oxygen atoms in total. The lowest BCUT2D eigenvalue weighted by molar-refractivity contribution is -0.122. The van der Waals surface area contributed by atoms with Gasteiger partial charge in [0.1, 0.15) is 0 Å². The second-order valence-corrected chi connectivity index (χ2v) is 5.44. The van der Waals surface area contributed by atoms with E-state index in [1.165, 1.54) is 0 Å². The fourth-order valence-corrected chi connectivity index (χ4v) is 3.02. The smallest absolute Gasteiger partial charge is 0.231 e. The summed E-state index contributed by atoms with van der Waals surface area (Å²) in [6, 6.07) is 8.19. The van der Waals surface area contributed by atoms with E-state index >= 15 is 0 Å². The molecule has 19 heavy (non-hydrogen) atoms. The van der Waals surface area contributed by atoms with Crippen LogP contribution in [0.5, 0.6) is 0 Å². The monoisotopic (exact) mass is 259 g/mol. The van der Waals surface area contributed by atoms with E-state index in [1.807, 2.05) is 17.0 Å². The Labute approximate surface area is 114 Å². The van der Waals surface area contributed by atoms with Crippen molar-refractivity contribution in [1.29, 1.82) is 0 Å². The Morgan fingerprint density at radius 2 is 2.05 bits per heavy atom. The number of para-hydroxylation sites is 2. The van der Waals surface area contributed by atoms with Gasteiger partial charge >= 0.3 is 0 Å². The molecule has 1 N–H and O–H groups in total. The molecular formula is C15H21N3O. The highest BCUT2D eigenvalue weighted by Gasteiger charge is 2.30. The van der Waals surface area contributed by atoms with Crippen LogP contribution in [-0.2, 0) is 4.79 Å². The Bertz CT molecular complexity index is 468. The van der Waals surface area contributed by atoms with Crippen LogP contribution < -0.4 is 15.1 Å². The topological polar surface area (TPSA) is 35.6 Å². The van der Waals surface area contributed by atoms with E-state index in [9.17, 15) is 4.79 Å². The van der Waals surface area contributed by atoms with Gasteiger partial charge in [-0.15, -0.1) is 0 Å². The van der Waals surface area contributed by atoms with Gasteiger partial charge in [-0.1, -0.05) is 12.1 Å². The zero-order valence-electron chi connectivity index (χ0n) is 11.4. The Morgan fingerprint density at radius 1 is 1.26 bits per heavy atom. The minimum atomic E-state index is 0.144. The number of carbonyl (C=O) groups excluding carboxylic acids is 1. The van der Waals surface area contributed by atoms with Gasteiger partial charge in [-0.3, -0.25) is 4.79 Å². The second kappa shape index (κ2) is 5.21.